The van der Waals surface area contributed by atoms with Crippen LogP contribution in [0.2, 0.25) is 0 Å². The lowest BCUT2D eigenvalue weighted by atomic mass is 10.2. The van der Waals surface area contributed by atoms with Crippen LogP contribution in [0.4, 0.5) is 5.82 Å². The average molecular weight is 289 g/mol. The van der Waals surface area contributed by atoms with Crippen LogP contribution in [0, 0.1) is 0 Å². The number of nitrogens with zero attached hydrogens (tertiary/aromatic N) is 2. The number of para-hydroxylation sites is 1. The summed E-state index contributed by atoms with van der Waals surface area (Å²) in [5.74, 6) is 2.17. The van der Waals surface area contributed by atoms with Crippen LogP contribution in [0.15, 0.2) is 30.3 Å². The minimum atomic E-state index is -0.0913. The Bertz CT molecular complexity index is 590. The Balaban J connectivity index is 2.25. The van der Waals surface area contributed by atoms with Crippen LogP contribution < -0.4 is 10.1 Å². The molecule has 0 atom stereocenters. The Hall–Kier alpha value is -2.18. The summed E-state index contributed by atoms with van der Waals surface area (Å²) < 4.78 is 11.1. The van der Waals surface area contributed by atoms with Gasteiger partial charge in [0.05, 0.1) is 6.61 Å². The third-order valence-corrected chi connectivity index (χ3v) is 2.80. The van der Waals surface area contributed by atoms with Gasteiger partial charge in [-0.15, -0.1) is 0 Å². The highest BCUT2D eigenvalue weighted by Gasteiger charge is 2.08. The number of aliphatic hydroxyl groups excluding tert-OH is 1. The number of anilines is 1. The molecule has 6 nitrogen and oxygen atoms in total. The molecule has 1 aromatic carbocycles. The third-order valence-electron chi connectivity index (χ3n) is 2.80. The maximum atomic E-state index is 9.32. The van der Waals surface area contributed by atoms with E-state index in [1.165, 1.54) is 0 Å². The van der Waals surface area contributed by atoms with Crippen molar-refractivity contribution in [3.05, 3.63) is 41.7 Å². The van der Waals surface area contributed by atoms with Crippen LogP contribution in [0.1, 0.15) is 18.3 Å². The van der Waals surface area contributed by atoms with E-state index in [9.17, 15) is 5.11 Å². The van der Waals surface area contributed by atoms with E-state index in [0.717, 1.165) is 0 Å². The van der Waals surface area contributed by atoms with Gasteiger partial charge >= 0.3 is 0 Å². The second kappa shape index (κ2) is 7.56. The number of aromatic nitrogens is 2. The molecule has 1 heterocycles. The van der Waals surface area contributed by atoms with Crippen LogP contribution in [0.25, 0.3) is 0 Å². The number of hydrogen-bond donors (Lipinski definition) is 2. The van der Waals surface area contributed by atoms with Gasteiger partial charge in [0, 0.05) is 25.3 Å². The van der Waals surface area contributed by atoms with E-state index < -0.39 is 0 Å². The Morgan fingerprint density at radius 1 is 1.24 bits per heavy atom. The normalized spacial score (nSPS) is 10.4. The summed E-state index contributed by atoms with van der Waals surface area (Å²) >= 11 is 0. The van der Waals surface area contributed by atoms with Crippen LogP contribution >= 0.6 is 0 Å². The van der Waals surface area contributed by atoms with Crippen molar-refractivity contribution in [3.8, 4) is 11.6 Å². The molecular formula is C15H19N3O3. The molecule has 0 radical (unpaired) electrons. The van der Waals surface area contributed by atoms with Crippen molar-refractivity contribution < 1.29 is 14.6 Å². The molecule has 0 saturated heterocycles. The molecule has 0 spiro atoms. The first-order chi connectivity index (χ1) is 10.3. The molecule has 1 aromatic heterocycles. The number of rotatable bonds is 7. The number of benzene rings is 1. The second-order valence-corrected chi connectivity index (χ2v) is 4.26. The summed E-state index contributed by atoms with van der Waals surface area (Å²) in [7, 11) is 1.78. The summed E-state index contributed by atoms with van der Waals surface area (Å²) in [4.78, 5) is 8.61. The van der Waals surface area contributed by atoms with Gasteiger partial charge in [0.2, 0.25) is 5.88 Å². The molecule has 0 aliphatic carbocycles. The fourth-order valence-corrected chi connectivity index (χ4v) is 1.76. The van der Waals surface area contributed by atoms with E-state index >= 15 is 0 Å². The molecule has 0 amide bonds. The topological polar surface area (TPSA) is 76.5 Å². The van der Waals surface area contributed by atoms with Crippen LogP contribution in [-0.4, -0.2) is 28.7 Å². The molecule has 0 aliphatic rings. The lowest BCUT2D eigenvalue weighted by molar-refractivity contribution is 0.128. The zero-order chi connectivity index (χ0) is 15.1. The maximum Gasteiger partial charge on any atom is 0.224 e. The first-order valence-corrected chi connectivity index (χ1v) is 6.77. The molecule has 0 bridgehead atoms. The van der Waals surface area contributed by atoms with E-state index in [4.69, 9.17) is 9.47 Å². The van der Waals surface area contributed by atoms with E-state index in [2.05, 4.69) is 15.3 Å². The molecule has 0 fully saturated rings. The Morgan fingerprint density at radius 3 is 2.76 bits per heavy atom. The quantitative estimate of drug-likeness (QED) is 0.814. The Kier molecular flexibility index (Phi) is 5.48. The minimum Gasteiger partial charge on any atom is -0.438 e. The van der Waals surface area contributed by atoms with E-state index in [-0.39, 0.29) is 6.61 Å². The molecular weight excluding hydrogens is 270 g/mol. The van der Waals surface area contributed by atoms with Crippen molar-refractivity contribution in [2.45, 2.75) is 20.1 Å². The lowest BCUT2D eigenvalue weighted by Crippen LogP contribution is -2.04. The number of nitrogens with one attached hydrogen (secondary N) is 1. The highest BCUT2D eigenvalue weighted by atomic mass is 16.5. The molecule has 112 valence electrons. The van der Waals surface area contributed by atoms with Gasteiger partial charge in [0.25, 0.3) is 0 Å². The van der Waals surface area contributed by atoms with Gasteiger partial charge in [-0.2, -0.15) is 4.98 Å². The molecule has 2 rings (SSSR count). The fourth-order valence-electron chi connectivity index (χ4n) is 1.76. The van der Waals surface area contributed by atoms with E-state index in [0.29, 0.717) is 42.0 Å². The van der Waals surface area contributed by atoms with Gasteiger partial charge in [-0.3, -0.25) is 0 Å². The smallest absolute Gasteiger partial charge is 0.224 e. The standard InChI is InChI=1S/C15H19N3O3/c1-3-20-10-14-17-13(16-2)8-15(18-14)21-12-7-5-4-6-11(12)9-19/h4-8,19H,3,9-10H2,1-2H3,(H,16,17,18). The number of ether oxygens (including phenoxy) is 2. The van der Waals surface area contributed by atoms with Crippen molar-refractivity contribution in [2.75, 3.05) is 19.0 Å². The zero-order valence-corrected chi connectivity index (χ0v) is 12.2. The van der Waals surface area contributed by atoms with Gasteiger partial charge < -0.3 is 19.9 Å². The third kappa shape index (κ3) is 4.14. The highest BCUT2D eigenvalue weighted by molar-refractivity contribution is 5.41. The van der Waals surface area contributed by atoms with Crippen molar-refractivity contribution in [1.82, 2.24) is 9.97 Å². The minimum absolute atomic E-state index is 0.0913. The molecule has 2 N–H and O–H groups in total. The van der Waals surface area contributed by atoms with E-state index in [1.54, 1.807) is 25.2 Å². The second-order valence-electron chi connectivity index (χ2n) is 4.26. The molecule has 21 heavy (non-hydrogen) atoms. The zero-order valence-electron chi connectivity index (χ0n) is 12.2. The van der Waals surface area contributed by atoms with Crippen LogP contribution in [0.5, 0.6) is 11.6 Å². The maximum absolute atomic E-state index is 9.32. The number of hydrogen-bond acceptors (Lipinski definition) is 6. The largest absolute Gasteiger partial charge is 0.438 e. The summed E-state index contributed by atoms with van der Waals surface area (Å²) in [5.41, 5.74) is 0.702. The predicted molar refractivity (Wildman–Crippen MR) is 79.3 cm³/mol. The van der Waals surface area contributed by atoms with Gasteiger partial charge in [0.1, 0.15) is 18.2 Å². The summed E-state index contributed by atoms with van der Waals surface area (Å²) in [6, 6.07) is 8.98. The van der Waals surface area contributed by atoms with Gasteiger partial charge in [-0.05, 0) is 13.0 Å². The fraction of sp³-hybridized carbons (Fsp3) is 0.333. The predicted octanol–water partition coefficient (Wildman–Crippen LogP) is 2.34. The van der Waals surface area contributed by atoms with Gasteiger partial charge in [-0.25, -0.2) is 4.98 Å². The average Bonchev–Trinajstić information content (AvgIpc) is 2.53. The summed E-state index contributed by atoms with van der Waals surface area (Å²) in [6.45, 7) is 2.74. The van der Waals surface area contributed by atoms with Crippen LogP contribution in [-0.2, 0) is 18.0 Å². The summed E-state index contributed by atoms with van der Waals surface area (Å²) in [5, 5.41) is 12.3. The monoisotopic (exact) mass is 289 g/mol. The SMILES string of the molecule is CCOCc1nc(NC)cc(Oc2ccccc2CO)n1. The van der Waals surface area contributed by atoms with Crippen molar-refractivity contribution in [3.63, 3.8) is 0 Å². The Labute approximate surface area is 123 Å². The highest BCUT2D eigenvalue weighted by Crippen LogP contribution is 2.25. The van der Waals surface area contributed by atoms with Crippen LogP contribution in [0.3, 0.4) is 0 Å². The molecule has 2 aromatic rings. The van der Waals surface area contributed by atoms with Crippen molar-refractivity contribution >= 4 is 5.82 Å². The summed E-state index contributed by atoms with van der Waals surface area (Å²) in [6.07, 6.45) is 0. The Morgan fingerprint density at radius 2 is 2.05 bits per heavy atom. The lowest BCUT2D eigenvalue weighted by Gasteiger charge is -2.11. The first kappa shape index (κ1) is 15.2. The van der Waals surface area contributed by atoms with Gasteiger partial charge in [0.15, 0.2) is 5.82 Å². The molecule has 6 heteroatoms. The molecule has 0 unspecified atom stereocenters. The first-order valence-electron chi connectivity index (χ1n) is 6.77. The van der Waals surface area contributed by atoms with E-state index in [1.807, 2.05) is 19.1 Å². The van der Waals surface area contributed by atoms with Crippen molar-refractivity contribution in [2.24, 2.45) is 0 Å². The molecule has 0 aliphatic heterocycles. The number of aliphatic hydroxyl groups is 1. The van der Waals surface area contributed by atoms with Crippen molar-refractivity contribution in [1.29, 1.82) is 0 Å². The molecule has 0 saturated carbocycles. The van der Waals surface area contributed by atoms with Gasteiger partial charge in [-0.1, -0.05) is 18.2 Å².